The van der Waals surface area contributed by atoms with Crippen LogP contribution in [0.5, 0.6) is 5.75 Å². The summed E-state index contributed by atoms with van der Waals surface area (Å²) in [5.41, 5.74) is -0.343. The van der Waals surface area contributed by atoms with E-state index in [0.717, 1.165) is 6.07 Å². The number of anilines is 2. The summed E-state index contributed by atoms with van der Waals surface area (Å²) in [4.78, 5) is 12.6. The molecule has 0 radical (unpaired) electrons. The van der Waals surface area contributed by atoms with Gasteiger partial charge in [0.1, 0.15) is 5.82 Å². The van der Waals surface area contributed by atoms with Crippen LogP contribution in [0.25, 0.3) is 11.4 Å². The normalized spacial score (nSPS) is 13.4. The number of H-pyrrole nitrogens is 1. The smallest absolute Gasteiger partial charge is 0.417 e. The summed E-state index contributed by atoms with van der Waals surface area (Å²) in [5, 5.41) is 9.51. The largest absolute Gasteiger partial charge is 0.487 e. The molecule has 3 heterocycles. The lowest BCUT2D eigenvalue weighted by Crippen LogP contribution is -2.09. The molecule has 7 nitrogen and oxygen atoms in total. The molecule has 0 unspecified atom stereocenters. The minimum absolute atomic E-state index is 0.0306. The number of hydrogen-bond acceptors (Lipinski definition) is 6. The molecule has 4 rings (SSSR count). The summed E-state index contributed by atoms with van der Waals surface area (Å²) >= 11 is 0. The maximum absolute atomic E-state index is 13.3. The van der Waals surface area contributed by atoms with E-state index in [1.165, 1.54) is 18.2 Å². The Kier molecular flexibility index (Phi) is 3.74. The third-order valence-electron chi connectivity index (χ3n) is 3.82. The highest BCUT2D eigenvalue weighted by Crippen LogP contribution is 2.39. The second-order valence-electron chi connectivity index (χ2n) is 5.68. The molecule has 134 valence electrons. The zero-order valence-electron chi connectivity index (χ0n) is 13.6. The Morgan fingerprint density at radius 3 is 2.69 bits per heavy atom. The van der Waals surface area contributed by atoms with Crippen LogP contribution >= 0.6 is 0 Å². The van der Waals surface area contributed by atoms with Gasteiger partial charge in [-0.3, -0.25) is 5.10 Å². The van der Waals surface area contributed by atoms with E-state index < -0.39 is 11.7 Å². The van der Waals surface area contributed by atoms with Gasteiger partial charge in [-0.15, -0.1) is 5.10 Å². The van der Waals surface area contributed by atoms with E-state index in [2.05, 4.69) is 30.5 Å². The Labute approximate surface area is 145 Å². The van der Waals surface area contributed by atoms with Gasteiger partial charge in [-0.2, -0.15) is 18.2 Å². The highest BCUT2D eigenvalue weighted by molar-refractivity contribution is 5.68. The molecule has 2 aromatic heterocycles. The second kappa shape index (κ2) is 5.97. The summed E-state index contributed by atoms with van der Waals surface area (Å²) in [7, 11) is 0. The molecule has 0 bridgehead atoms. The molecule has 10 heteroatoms. The molecule has 1 aliphatic heterocycles. The first-order valence-corrected chi connectivity index (χ1v) is 7.78. The monoisotopic (exact) mass is 362 g/mol. The average molecular weight is 362 g/mol. The number of aromatic amines is 1. The predicted molar refractivity (Wildman–Crippen MR) is 86.1 cm³/mol. The Bertz CT molecular complexity index is 969. The molecule has 0 fully saturated rings. The molecule has 1 aromatic carbocycles. The maximum atomic E-state index is 13.3. The molecule has 0 atom stereocenters. The Morgan fingerprint density at radius 2 is 1.96 bits per heavy atom. The summed E-state index contributed by atoms with van der Waals surface area (Å²) in [6.07, 6.45) is -4.02. The zero-order valence-corrected chi connectivity index (χ0v) is 13.6. The Morgan fingerprint density at radius 1 is 1.15 bits per heavy atom. The molecule has 0 saturated carbocycles. The van der Waals surface area contributed by atoms with Crippen LogP contribution in [0.2, 0.25) is 0 Å². The molecule has 26 heavy (non-hydrogen) atoms. The first-order valence-electron chi connectivity index (χ1n) is 7.78. The van der Waals surface area contributed by atoms with E-state index in [0.29, 0.717) is 30.3 Å². The molecular formula is C16H13F3N6O. The lowest BCUT2D eigenvalue weighted by molar-refractivity contribution is -0.137. The van der Waals surface area contributed by atoms with Crippen molar-refractivity contribution in [3.05, 3.63) is 41.3 Å². The Hall–Kier alpha value is -3.17. The third kappa shape index (κ3) is 2.93. The van der Waals surface area contributed by atoms with Crippen LogP contribution in [0, 0.1) is 6.92 Å². The van der Waals surface area contributed by atoms with E-state index in [4.69, 9.17) is 4.74 Å². The van der Waals surface area contributed by atoms with Crippen LogP contribution < -0.4 is 10.1 Å². The topological polar surface area (TPSA) is 88.6 Å². The van der Waals surface area contributed by atoms with Gasteiger partial charge in [-0.05, 0) is 13.0 Å². The molecule has 0 spiro atoms. The molecular weight excluding hydrogens is 349 g/mol. The second-order valence-corrected chi connectivity index (χ2v) is 5.68. The van der Waals surface area contributed by atoms with Crippen molar-refractivity contribution in [3.63, 3.8) is 0 Å². The number of aromatic nitrogens is 5. The van der Waals surface area contributed by atoms with E-state index >= 15 is 0 Å². The number of fused-ring (bicyclic) bond motifs is 1. The van der Waals surface area contributed by atoms with Crippen molar-refractivity contribution in [3.8, 4) is 17.1 Å². The minimum atomic E-state index is -4.51. The highest BCUT2D eigenvalue weighted by Gasteiger charge is 2.34. The summed E-state index contributed by atoms with van der Waals surface area (Å²) in [5.74, 6) is 1.44. The molecule has 3 aromatic rings. The van der Waals surface area contributed by atoms with Gasteiger partial charge in [0.15, 0.2) is 17.4 Å². The number of benzene rings is 1. The maximum Gasteiger partial charge on any atom is 0.417 e. The fraction of sp³-hybridized carbons (Fsp3) is 0.250. The lowest BCUT2D eigenvalue weighted by Gasteiger charge is -2.14. The van der Waals surface area contributed by atoms with Crippen LogP contribution in [0.15, 0.2) is 24.3 Å². The number of alkyl halides is 3. The van der Waals surface area contributed by atoms with Crippen LogP contribution in [-0.2, 0) is 12.6 Å². The van der Waals surface area contributed by atoms with Crippen molar-refractivity contribution in [1.82, 2.24) is 25.1 Å². The summed E-state index contributed by atoms with van der Waals surface area (Å²) < 4.78 is 45.5. The Balaban J connectivity index is 1.83. The SMILES string of the molecule is Cc1nc(Nc2nc(-c3ccccc3C(F)(F)F)nc3c2OCC3)n[nH]1. The number of aryl methyl sites for hydroxylation is 1. The number of nitrogens with one attached hydrogen (secondary N) is 2. The number of rotatable bonds is 3. The van der Waals surface area contributed by atoms with Crippen molar-refractivity contribution >= 4 is 11.8 Å². The fourth-order valence-corrected chi connectivity index (χ4v) is 2.70. The van der Waals surface area contributed by atoms with Gasteiger partial charge in [0.2, 0.25) is 5.95 Å². The fourth-order valence-electron chi connectivity index (χ4n) is 2.70. The third-order valence-corrected chi connectivity index (χ3v) is 3.82. The molecule has 0 aliphatic carbocycles. The van der Waals surface area contributed by atoms with Gasteiger partial charge in [0.05, 0.1) is 17.9 Å². The van der Waals surface area contributed by atoms with Crippen molar-refractivity contribution in [2.24, 2.45) is 0 Å². The van der Waals surface area contributed by atoms with Crippen LogP contribution in [-0.4, -0.2) is 31.8 Å². The van der Waals surface area contributed by atoms with Crippen molar-refractivity contribution in [2.45, 2.75) is 19.5 Å². The average Bonchev–Trinajstić information content (AvgIpc) is 3.23. The van der Waals surface area contributed by atoms with Gasteiger partial charge in [0.25, 0.3) is 0 Å². The summed E-state index contributed by atoms with van der Waals surface area (Å²) in [6, 6.07) is 5.21. The predicted octanol–water partition coefficient (Wildman–Crippen LogP) is 3.27. The van der Waals surface area contributed by atoms with E-state index in [9.17, 15) is 13.2 Å². The van der Waals surface area contributed by atoms with Crippen molar-refractivity contribution in [1.29, 1.82) is 0 Å². The number of halogens is 3. The standard InChI is InChI=1S/C16H13F3N6O/c1-8-20-15(25-24-8)23-14-12-11(6-7-26-12)21-13(22-14)9-4-2-3-5-10(9)16(17,18)19/h2-5H,6-7H2,1H3,(H2,20,21,22,23,24,25). The summed E-state index contributed by atoms with van der Waals surface area (Å²) in [6.45, 7) is 2.11. The van der Waals surface area contributed by atoms with Crippen LogP contribution in [0.3, 0.4) is 0 Å². The van der Waals surface area contributed by atoms with Crippen molar-refractivity contribution < 1.29 is 17.9 Å². The van der Waals surface area contributed by atoms with Gasteiger partial charge in [0, 0.05) is 12.0 Å². The number of nitrogens with zero attached hydrogens (tertiary/aromatic N) is 4. The minimum Gasteiger partial charge on any atom is -0.487 e. The molecule has 1 aliphatic rings. The number of hydrogen-bond donors (Lipinski definition) is 2. The van der Waals surface area contributed by atoms with Gasteiger partial charge < -0.3 is 10.1 Å². The quantitative estimate of drug-likeness (QED) is 0.743. The lowest BCUT2D eigenvalue weighted by atomic mass is 10.1. The van der Waals surface area contributed by atoms with Crippen LogP contribution in [0.4, 0.5) is 24.9 Å². The van der Waals surface area contributed by atoms with Gasteiger partial charge >= 0.3 is 6.18 Å². The van der Waals surface area contributed by atoms with E-state index in [1.807, 2.05) is 0 Å². The van der Waals surface area contributed by atoms with Crippen LogP contribution in [0.1, 0.15) is 17.1 Å². The highest BCUT2D eigenvalue weighted by atomic mass is 19.4. The first-order chi connectivity index (χ1) is 12.4. The van der Waals surface area contributed by atoms with Gasteiger partial charge in [-0.25, -0.2) is 9.97 Å². The zero-order chi connectivity index (χ0) is 18.3. The molecule has 0 amide bonds. The van der Waals surface area contributed by atoms with Crippen molar-refractivity contribution in [2.75, 3.05) is 11.9 Å². The number of ether oxygens (including phenoxy) is 1. The van der Waals surface area contributed by atoms with E-state index in [1.54, 1.807) is 6.92 Å². The molecule has 2 N–H and O–H groups in total. The first kappa shape index (κ1) is 16.3. The van der Waals surface area contributed by atoms with E-state index in [-0.39, 0.29) is 23.2 Å². The van der Waals surface area contributed by atoms with Gasteiger partial charge in [-0.1, -0.05) is 18.2 Å². The molecule has 0 saturated heterocycles.